The van der Waals surface area contributed by atoms with Crippen LogP contribution in [-0.2, 0) is 13.0 Å². The third kappa shape index (κ3) is 2.05. The minimum absolute atomic E-state index is 0.259. The molecule has 3 N–H and O–H groups in total. The van der Waals surface area contributed by atoms with Gasteiger partial charge in [-0.2, -0.15) is 4.98 Å². The maximum absolute atomic E-state index is 11.7. The lowest BCUT2D eigenvalue weighted by Gasteiger charge is -2.15. The van der Waals surface area contributed by atoms with Crippen molar-refractivity contribution in [1.29, 1.82) is 0 Å². The van der Waals surface area contributed by atoms with Crippen LogP contribution in [0, 0.1) is 0 Å². The van der Waals surface area contributed by atoms with E-state index < -0.39 is 0 Å². The summed E-state index contributed by atoms with van der Waals surface area (Å²) >= 11 is 5.97. The van der Waals surface area contributed by atoms with Crippen LogP contribution in [0.25, 0.3) is 0 Å². The van der Waals surface area contributed by atoms with Crippen molar-refractivity contribution >= 4 is 17.4 Å². The quantitative estimate of drug-likeness (QED) is 0.745. The van der Waals surface area contributed by atoms with Crippen molar-refractivity contribution in [2.75, 3.05) is 18.4 Å². The Balaban J connectivity index is 2.56. The van der Waals surface area contributed by atoms with Crippen molar-refractivity contribution in [3.63, 3.8) is 0 Å². The number of nitrogens with two attached hydrogens (primary N) is 1. The van der Waals surface area contributed by atoms with Gasteiger partial charge in [0, 0.05) is 13.1 Å². The molecular weight excluding hydrogens is 228 g/mol. The Hall–Kier alpha value is -1.07. The number of fused-ring (bicyclic) bond motifs is 1. The van der Waals surface area contributed by atoms with Crippen LogP contribution < -0.4 is 16.6 Å². The van der Waals surface area contributed by atoms with E-state index in [-0.39, 0.29) is 10.8 Å². The highest BCUT2D eigenvalue weighted by Crippen LogP contribution is 2.20. The summed E-state index contributed by atoms with van der Waals surface area (Å²) in [5.41, 5.74) is 5.88. The van der Waals surface area contributed by atoms with Crippen LogP contribution in [0.15, 0.2) is 4.79 Å². The molecule has 5 nitrogen and oxygen atoms in total. The van der Waals surface area contributed by atoms with Crippen molar-refractivity contribution in [2.24, 2.45) is 5.73 Å². The molecule has 0 fully saturated rings. The van der Waals surface area contributed by atoms with Crippen molar-refractivity contribution < 1.29 is 0 Å². The second-order valence-corrected chi connectivity index (χ2v) is 4.18. The largest absolute Gasteiger partial charge is 0.371 e. The maximum Gasteiger partial charge on any atom is 0.279 e. The van der Waals surface area contributed by atoms with Gasteiger partial charge in [-0.25, -0.2) is 0 Å². The van der Waals surface area contributed by atoms with E-state index in [2.05, 4.69) is 10.3 Å². The van der Waals surface area contributed by atoms with E-state index in [0.717, 1.165) is 31.7 Å². The van der Waals surface area contributed by atoms with Crippen LogP contribution in [0.3, 0.4) is 0 Å². The average Bonchev–Trinajstić information content (AvgIpc) is 2.49. The lowest BCUT2D eigenvalue weighted by molar-refractivity contribution is 0.638. The summed E-state index contributed by atoms with van der Waals surface area (Å²) in [4.78, 5) is 15.5. The third-order valence-electron chi connectivity index (χ3n) is 2.73. The van der Waals surface area contributed by atoms with Gasteiger partial charge in [-0.3, -0.25) is 4.79 Å². The van der Waals surface area contributed by atoms with Crippen LogP contribution in [0.4, 0.5) is 5.82 Å². The Morgan fingerprint density at radius 2 is 2.31 bits per heavy atom. The Labute approximate surface area is 98.6 Å². The number of anilines is 1. The Bertz CT molecular complexity index is 443. The smallest absolute Gasteiger partial charge is 0.279 e. The standard InChI is InChI=1S/C10H15ClN4O/c11-10-14-9(16)7(3-4-12)8-13-5-1-2-6-15(8)10/h13H,1-6,12H2. The van der Waals surface area contributed by atoms with Gasteiger partial charge in [-0.05, 0) is 37.4 Å². The molecule has 0 radical (unpaired) electrons. The molecule has 6 heteroatoms. The number of halogens is 1. The molecule has 2 heterocycles. The van der Waals surface area contributed by atoms with E-state index in [1.54, 1.807) is 0 Å². The first kappa shape index (κ1) is 11.4. The summed E-state index contributed by atoms with van der Waals surface area (Å²) in [6.07, 6.45) is 2.63. The van der Waals surface area contributed by atoms with E-state index in [0.29, 0.717) is 18.5 Å². The highest BCUT2D eigenvalue weighted by atomic mass is 35.5. The molecule has 1 aromatic rings. The van der Waals surface area contributed by atoms with Crippen LogP contribution in [0.5, 0.6) is 0 Å². The van der Waals surface area contributed by atoms with Crippen molar-refractivity contribution in [1.82, 2.24) is 9.55 Å². The molecule has 1 aliphatic heterocycles. The maximum atomic E-state index is 11.7. The molecule has 0 bridgehead atoms. The van der Waals surface area contributed by atoms with Crippen molar-refractivity contribution in [3.05, 3.63) is 21.2 Å². The minimum Gasteiger partial charge on any atom is -0.371 e. The molecule has 16 heavy (non-hydrogen) atoms. The zero-order valence-electron chi connectivity index (χ0n) is 9.00. The van der Waals surface area contributed by atoms with E-state index in [1.165, 1.54) is 0 Å². The lowest BCUT2D eigenvalue weighted by atomic mass is 10.2. The van der Waals surface area contributed by atoms with E-state index in [9.17, 15) is 4.79 Å². The highest BCUT2D eigenvalue weighted by Gasteiger charge is 2.16. The average molecular weight is 243 g/mol. The summed E-state index contributed by atoms with van der Waals surface area (Å²) < 4.78 is 1.86. The molecule has 88 valence electrons. The summed E-state index contributed by atoms with van der Waals surface area (Å²) in [5.74, 6) is 0.799. The summed E-state index contributed by atoms with van der Waals surface area (Å²) in [5, 5.41) is 3.50. The second-order valence-electron chi connectivity index (χ2n) is 3.84. The molecule has 1 aromatic heterocycles. The summed E-state index contributed by atoms with van der Waals surface area (Å²) in [6, 6.07) is 0. The topological polar surface area (TPSA) is 72.9 Å². The first-order valence-corrected chi connectivity index (χ1v) is 5.85. The molecule has 0 spiro atoms. The molecular formula is C10H15ClN4O. The molecule has 0 amide bonds. The molecule has 1 aliphatic rings. The van der Waals surface area contributed by atoms with Gasteiger partial charge in [0.1, 0.15) is 5.82 Å². The van der Waals surface area contributed by atoms with Crippen molar-refractivity contribution in [3.8, 4) is 0 Å². The first-order chi connectivity index (χ1) is 7.74. The summed E-state index contributed by atoms with van der Waals surface area (Å²) in [7, 11) is 0. The number of hydrogen-bond donors (Lipinski definition) is 2. The van der Waals surface area contributed by atoms with Gasteiger partial charge in [-0.15, -0.1) is 0 Å². The van der Waals surface area contributed by atoms with Gasteiger partial charge in [-0.1, -0.05) is 0 Å². The van der Waals surface area contributed by atoms with Gasteiger partial charge >= 0.3 is 0 Å². The van der Waals surface area contributed by atoms with Gasteiger partial charge in [0.15, 0.2) is 0 Å². The summed E-state index contributed by atoms with van der Waals surface area (Å²) in [6.45, 7) is 2.09. The predicted molar refractivity (Wildman–Crippen MR) is 64.0 cm³/mol. The van der Waals surface area contributed by atoms with Crippen LogP contribution in [-0.4, -0.2) is 22.6 Å². The third-order valence-corrected chi connectivity index (χ3v) is 3.01. The normalized spacial score (nSPS) is 15.1. The monoisotopic (exact) mass is 242 g/mol. The fraction of sp³-hybridized carbons (Fsp3) is 0.600. The first-order valence-electron chi connectivity index (χ1n) is 5.47. The number of aromatic nitrogens is 2. The molecule has 0 atom stereocenters. The van der Waals surface area contributed by atoms with Gasteiger partial charge in [0.05, 0.1) is 5.56 Å². The predicted octanol–water partition coefficient (Wildman–Crippen LogP) is 0.604. The SMILES string of the molecule is NCCc1c2n(c(Cl)nc1=O)CCCCN2. The Morgan fingerprint density at radius 1 is 1.50 bits per heavy atom. The zero-order chi connectivity index (χ0) is 11.5. The second kappa shape index (κ2) is 4.84. The molecule has 0 aromatic carbocycles. The zero-order valence-corrected chi connectivity index (χ0v) is 9.76. The molecule has 0 aliphatic carbocycles. The fourth-order valence-electron chi connectivity index (χ4n) is 1.95. The molecule has 0 saturated carbocycles. The van der Waals surface area contributed by atoms with Gasteiger partial charge in [0.25, 0.3) is 5.56 Å². The van der Waals surface area contributed by atoms with Gasteiger partial charge in [0.2, 0.25) is 5.28 Å². The van der Waals surface area contributed by atoms with E-state index in [1.807, 2.05) is 4.57 Å². The minimum atomic E-state index is -0.268. The highest BCUT2D eigenvalue weighted by molar-refractivity contribution is 6.28. The van der Waals surface area contributed by atoms with Crippen LogP contribution in [0.2, 0.25) is 5.28 Å². The Morgan fingerprint density at radius 3 is 3.06 bits per heavy atom. The number of rotatable bonds is 2. The molecule has 2 rings (SSSR count). The number of nitrogens with one attached hydrogen (secondary N) is 1. The lowest BCUT2D eigenvalue weighted by Crippen LogP contribution is -2.24. The van der Waals surface area contributed by atoms with Crippen molar-refractivity contribution in [2.45, 2.75) is 25.8 Å². The van der Waals surface area contributed by atoms with Crippen LogP contribution in [0.1, 0.15) is 18.4 Å². The van der Waals surface area contributed by atoms with E-state index in [4.69, 9.17) is 17.3 Å². The fourth-order valence-corrected chi connectivity index (χ4v) is 2.19. The number of hydrogen-bond acceptors (Lipinski definition) is 4. The van der Waals surface area contributed by atoms with E-state index >= 15 is 0 Å². The Kier molecular flexibility index (Phi) is 3.46. The molecule has 0 unspecified atom stereocenters. The van der Waals surface area contributed by atoms with Crippen LogP contribution >= 0.6 is 11.6 Å². The van der Waals surface area contributed by atoms with Gasteiger partial charge < -0.3 is 15.6 Å². The molecule has 0 saturated heterocycles. The number of nitrogens with zero attached hydrogens (tertiary/aromatic N) is 2.